The van der Waals surface area contributed by atoms with Gasteiger partial charge in [-0.05, 0) is 74.4 Å². The van der Waals surface area contributed by atoms with E-state index >= 15 is 0 Å². The molecular formula is C32H32N4O3S. The van der Waals surface area contributed by atoms with E-state index < -0.39 is 6.04 Å². The maximum absolute atomic E-state index is 13.9. The van der Waals surface area contributed by atoms with Gasteiger partial charge >= 0.3 is 0 Å². The van der Waals surface area contributed by atoms with Gasteiger partial charge in [0.05, 0.1) is 29.0 Å². The zero-order valence-electron chi connectivity index (χ0n) is 23.0. The van der Waals surface area contributed by atoms with Gasteiger partial charge in [0.25, 0.3) is 11.5 Å². The van der Waals surface area contributed by atoms with Gasteiger partial charge < -0.3 is 15.0 Å². The summed E-state index contributed by atoms with van der Waals surface area (Å²) in [5, 5.41) is 2.98. The van der Waals surface area contributed by atoms with E-state index in [4.69, 9.17) is 9.73 Å². The second-order valence-electron chi connectivity index (χ2n) is 9.44. The van der Waals surface area contributed by atoms with Crippen LogP contribution in [0.5, 0.6) is 5.75 Å². The van der Waals surface area contributed by atoms with Crippen LogP contribution in [0.1, 0.15) is 37.9 Å². The van der Waals surface area contributed by atoms with E-state index in [0.29, 0.717) is 32.0 Å². The van der Waals surface area contributed by atoms with Gasteiger partial charge in [-0.15, -0.1) is 0 Å². The van der Waals surface area contributed by atoms with Crippen molar-refractivity contribution in [3.05, 3.63) is 121 Å². The molecule has 1 amide bonds. The molecule has 0 bridgehead atoms. The Morgan fingerprint density at radius 1 is 1.02 bits per heavy atom. The predicted octanol–water partition coefficient (Wildman–Crippen LogP) is 4.73. The standard InChI is InChI=1S/C32H32N4O3S/c1-5-35(6-2)25-16-12-22(13-17-25)20-27-31(38)36-29(23-14-18-26(39-4)19-15-23)28(21(3)33-32(36)40-27)30(37)34-24-10-8-7-9-11-24/h7-20,29H,5-6H2,1-4H3,(H,34,37)/b27-20+/t29-/m0/s1. The van der Waals surface area contributed by atoms with Crippen molar-refractivity contribution in [3.63, 3.8) is 0 Å². The normalized spacial score (nSPS) is 14.9. The average Bonchev–Trinajstić information content (AvgIpc) is 3.28. The number of methoxy groups -OCH3 is 1. The number of ether oxygens (including phenoxy) is 1. The molecule has 0 radical (unpaired) electrons. The number of aromatic nitrogens is 1. The molecule has 1 aliphatic rings. The van der Waals surface area contributed by atoms with E-state index in [0.717, 1.165) is 29.9 Å². The summed E-state index contributed by atoms with van der Waals surface area (Å²) in [5.41, 5.74) is 4.36. The first-order chi connectivity index (χ1) is 19.4. The third-order valence-corrected chi connectivity index (χ3v) is 8.03. The number of nitrogens with one attached hydrogen (secondary N) is 1. The molecule has 3 aromatic carbocycles. The molecular weight excluding hydrogens is 520 g/mol. The maximum Gasteiger partial charge on any atom is 0.271 e. The maximum atomic E-state index is 13.9. The number of allylic oxidation sites excluding steroid dienone is 1. The Morgan fingerprint density at radius 2 is 1.70 bits per heavy atom. The first-order valence-corrected chi connectivity index (χ1v) is 14.1. The summed E-state index contributed by atoms with van der Waals surface area (Å²) in [4.78, 5) is 35.2. The second kappa shape index (κ2) is 11.8. The lowest BCUT2D eigenvalue weighted by Crippen LogP contribution is -2.40. The Kier molecular flexibility index (Phi) is 7.98. The fourth-order valence-electron chi connectivity index (χ4n) is 4.95. The molecule has 7 nitrogen and oxygen atoms in total. The van der Waals surface area contributed by atoms with Crippen LogP contribution < -0.4 is 29.8 Å². The summed E-state index contributed by atoms with van der Waals surface area (Å²) in [6.07, 6.45) is 1.89. The van der Waals surface area contributed by atoms with Crippen molar-refractivity contribution in [2.75, 3.05) is 30.4 Å². The van der Waals surface area contributed by atoms with E-state index in [1.165, 1.54) is 11.3 Å². The highest BCUT2D eigenvalue weighted by Gasteiger charge is 2.32. The largest absolute Gasteiger partial charge is 0.497 e. The van der Waals surface area contributed by atoms with Gasteiger partial charge in [-0.1, -0.05) is 53.8 Å². The average molecular weight is 553 g/mol. The van der Waals surface area contributed by atoms with Crippen LogP contribution in [0.2, 0.25) is 0 Å². The Labute approximate surface area is 237 Å². The highest BCUT2D eigenvalue weighted by Crippen LogP contribution is 2.31. The highest BCUT2D eigenvalue weighted by atomic mass is 32.1. The van der Waals surface area contributed by atoms with Crippen LogP contribution in [0.3, 0.4) is 0 Å². The summed E-state index contributed by atoms with van der Waals surface area (Å²) >= 11 is 1.33. The quantitative estimate of drug-likeness (QED) is 0.343. The molecule has 5 rings (SSSR count). The molecule has 1 aromatic heterocycles. The minimum Gasteiger partial charge on any atom is -0.497 e. The Bertz CT molecular complexity index is 1720. The van der Waals surface area contributed by atoms with E-state index in [2.05, 4.69) is 36.2 Å². The molecule has 1 atom stereocenters. The summed E-state index contributed by atoms with van der Waals surface area (Å²) in [6, 6.07) is 24.3. The number of para-hydroxylation sites is 1. The molecule has 8 heteroatoms. The zero-order chi connectivity index (χ0) is 28.2. The molecule has 0 fully saturated rings. The molecule has 0 aliphatic carbocycles. The number of carbonyl (C=O) groups excluding carboxylic acids is 1. The Hall–Kier alpha value is -4.43. The fourth-order valence-corrected chi connectivity index (χ4v) is 6.00. The fraction of sp³-hybridized carbons (Fsp3) is 0.219. The predicted molar refractivity (Wildman–Crippen MR) is 162 cm³/mol. The molecule has 0 saturated heterocycles. The third-order valence-electron chi connectivity index (χ3n) is 7.05. The summed E-state index contributed by atoms with van der Waals surface area (Å²) in [6.45, 7) is 7.94. The van der Waals surface area contributed by atoms with Crippen molar-refractivity contribution >= 4 is 34.7 Å². The Morgan fingerprint density at radius 3 is 2.33 bits per heavy atom. The number of hydrogen-bond donors (Lipinski definition) is 1. The lowest BCUT2D eigenvalue weighted by molar-refractivity contribution is -0.113. The molecule has 0 unspecified atom stereocenters. The minimum absolute atomic E-state index is 0.185. The zero-order valence-corrected chi connectivity index (χ0v) is 23.9. The van der Waals surface area contributed by atoms with Crippen LogP contribution in [-0.4, -0.2) is 30.7 Å². The molecule has 1 aliphatic heterocycles. The van der Waals surface area contributed by atoms with E-state index in [1.807, 2.05) is 79.7 Å². The third kappa shape index (κ3) is 5.35. The molecule has 4 aromatic rings. The number of nitrogens with zero attached hydrogens (tertiary/aromatic N) is 3. The molecule has 204 valence electrons. The van der Waals surface area contributed by atoms with E-state index in [1.54, 1.807) is 11.7 Å². The number of carbonyl (C=O) groups is 1. The smallest absolute Gasteiger partial charge is 0.271 e. The summed E-state index contributed by atoms with van der Waals surface area (Å²) in [5.74, 6) is 0.398. The molecule has 1 N–H and O–H groups in total. The van der Waals surface area contributed by atoms with Crippen LogP contribution in [0.4, 0.5) is 11.4 Å². The van der Waals surface area contributed by atoms with Crippen LogP contribution in [0.15, 0.2) is 99.9 Å². The van der Waals surface area contributed by atoms with Crippen molar-refractivity contribution in [1.82, 2.24) is 4.57 Å². The lowest BCUT2D eigenvalue weighted by atomic mass is 9.95. The van der Waals surface area contributed by atoms with Crippen molar-refractivity contribution in [1.29, 1.82) is 0 Å². The van der Waals surface area contributed by atoms with Crippen LogP contribution in [-0.2, 0) is 4.79 Å². The Balaban J connectivity index is 1.61. The number of thiazole rings is 1. The van der Waals surface area contributed by atoms with Gasteiger partial charge in [-0.2, -0.15) is 0 Å². The van der Waals surface area contributed by atoms with Gasteiger partial charge in [0, 0.05) is 24.5 Å². The van der Waals surface area contributed by atoms with Crippen molar-refractivity contribution in [2.45, 2.75) is 26.8 Å². The number of hydrogen-bond acceptors (Lipinski definition) is 6. The van der Waals surface area contributed by atoms with Crippen molar-refractivity contribution < 1.29 is 9.53 Å². The van der Waals surface area contributed by atoms with Crippen LogP contribution in [0, 0.1) is 0 Å². The molecule has 40 heavy (non-hydrogen) atoms. The van der Waals surface area contributed by atoms with Crippen LogP contribution >= 0.6 is 11.3 Å². The SMILES string of the molecule is CCN(CC)c1ccc(/C=c2/sc3n(c2=O)[C@@H](c2ccc(OC)cc2)C(C(=O)Nc2ccccc2)=C(C)N=3)cc1. The molecule has 0 saturated carbocycles. The van der Waals surface area contributed by atoms with E-state index in [9.17, 15) is 9.59 Å². The number of rotatable bonds is 8. The van der Waals surface area contributed by atoms with Crippen molar-refractivity contribution in [2.24, 2.45) is 4.99 Å². The first kappa shape index (κ1) is 27.1. The van der Waals surface area contributed by atoms with Crippen LogP contribution in [0.25, 0.3) is 6.08 Å². The first-order valence-electron chi connectivity index (χ1n) is 13.3. The topological polar surface area (TPSA) is 75.9 Å². The second-order valence-corrected chi connectivity index (χ2v) is 10.4. The number of anilines is 2. The summed E-state index contributed by atoms with van der Waals surface area (Å²) < 4.78 is 7.54. The highest BCUT2D eigenvalue weighted by molar-refractivity contribution is 7.07. The molecule has 0 spiro atoms. The van der Waals surface area contributed by atoms with E-state index in [-0.39, 0.29) is 11.5 Å². The van der Waals surface area contributed by atoms with Crippen molar-refractivity contribution in [3.8, 4) is 5.75 Å². The van der Waals surface area contributed by atoms with Gasteiger partial charge in [-0.25, -0.2) is 4.99 Å². The van der Waals surface area contributed by atoms with Gasteiger partial charge in [-0.3, -0.25) is 14.2 Å². The number of benzene rings is 3. The number of amides is 1. The summed E-state index contributed by atoms with van der Waals surface area (Å²) in [7, 11) is 1.61. The monoisotopic (exact) mass is 552 g/mol. The van der Waals surface area contributed by atoms with Gasteiger partial charge in [0.2, 0.25) is 0 Å². The minimum atomic E-state index is -0.641. The van der Waals surface area contributed by atoms with Gasteiger partial charge in [0.15, 0.2) is 4.80 Å². The molecule has 2 heterocycles. The van der Waals surface area contributed by atoms with Gasteiger partial charge in [0.1, 0.15) is 5.75 Å². The lowest BCUT2D eigenvalue weighted by Gasteiger charge is -2.25. The number of fused-ring (bicyclic) bond motifs is 1.